The van der Waals surface area contributed by atoms with E-state index < -0.39 is 6.67 Å². The Hall–Kier alpha value is -2.43. The molecular formula is C14H11FN2O2. The molecule has 19 heavy (non-hydrogen) atoms. The fraction of sp³-hybridized carbons (Fsp3) is 0.143. The van der Waals surface area contributed by atoms with Crippen LogP contribution in [0.3, 0.4) is 0 Å². The molecule has 3 rings (SSSR count). The highest BCUT2D eigenvalue weighted by atomic mass is 19.1. The summed E-state index contributed by atoms with van der Waals surface area (Å²) in [6.07, 6.45) is 0. The molecule has 0 saturated carbocycles. The zero-order valence-corrected chi connectivity index (χ0v) is 10.0. The molecule has 96 valence electrons. The molecule has 0 aliphatic carbocycles. The number of rotatable bonds is 4. The molecule has 3 aromatic rings. The second-order valence-electron chi connectivity index (χ2n) is 4.03. The van der Waals surface area contributed by atoms with Crippen LogP contribution in [-0.4, -0.2) is 23.6 Å². The van der Waals surface area contributed by atoms with Crippen LogP contribution in [0, 0.1) is 0 Å². The Morgan fingerprint density at radius 2 is 1.68 bits per heavy atom. The lowest BCUT2D eigenvalue weighted by Gasteiger charge is -2.05. The topological polar surface area (TPSA) is 48.2 Å². The maximum absolute atomic E-state index is 12.0. The van der Waals surface area contributed by atoms with E-state index in [9.17, 15) is 4.39 Å². The van der Waals surface area contributed by atoms with E-state index in [0.29, 0.717) is 5.75 Å². The second kappa shape index (κ2) is 5.06. The SMILES string of the molecule is FCCOc1ccc(-c2ccc3nonc3c2)cc1. The van der Waals surface area contributed by atoms with Crippen LogP contribution in [0.4, 0.5) is 4.39 Å². The van der Waals surface area contributed by atoms with Gasteiger partial charge in [0.2, 0.25) is 0 Å². The van der Waals surface area contributed by atoms with E-state index in [4.69, 9.17) is 4.74 Å². The third kappa shape index (κ3) is 2.40. The van der Waals surface area contributed by atoms with Crippen molar-refractivity contribution < 1.29 is 13.8 Å². The maximum Gasteiger partial charge on any atom is 0.135 e. The summed E-state index contributed by atoms with van der Waals surface area (Å²) < 4.78 is 21.8. The maximum atomic E-state index is 12.0. The van der Waals surface area contributed by atoms with Crippen LogP contribution in [0.2, 0.25) is 0 Å². The summed E-state index contributed by atoms with van der Waals surface area (Å²) in [5, 5.41) is 7.57. The number of aromatic nitrogens is 2. The van der Waals surface area contributed by atoms with Gasteiger partial charge >= 0.3 is 0 Å². The first-order valence-corrected chi connectivity index (χ1v) is 5.88. The van der Waals surface area contributed by atoms with E-state index in [0.717, 1.165) is 22.2 Å². The predicted octanol–water partition coefficient (Wildman–Crippen LogP) is 3.24. The van der Waals surface area contributed by atoms with Crippen molar-refractivity contribution >= 4 is 11.0 Å². The third-order valence-corrected chi connectivity index (χ3v) is 2.79. The number of benzene rings is 2. The van der Waals surface area contributed by atoms with E-state index in [2.05, 4.69) is 14.9 Å². The first-order valence-electron chi connectivity index (χ1n) is 5.88. The Kier molecular flexibility index (Phi) is 3.10. The van der Waals surface area contributed by atoms with E-state index >= 15 is 0 Å². The number of ether oxygens (including phenoxy) is 1. The third-order valence-electron chi connectivity index (χ3n) is 2.79. The standard InChI is InChI=1S/C14H11FN2O2/c15-7-8-18-12-4-1-10(2-5-12)11-3-6-13-14(9-11)17-19-16-13/h1-6,9H,7-8H2. The van der Waals surface area contributed by atoms with Crippen molar-refractivity contribution in [3.63, 3.8) is 0 Å². The average molecular weight is 258 g/mol. The fourth-order valence-electron chi connectivity index (χ4n) is 1.86. The summed E-state index contributed by atoms with van der Waals surface area (Å²) in [7, 11) is 0. The monoisotopic (exact) mass is 258 g/mol. The molecule has 4 nitrogen and oxygen atoms in total. The van der Waals surface area contributed by atoms with Crippen molar-refractivity contribution in [1.82, 2.24) is 10.3 Å². The van der Waals surface area contributed by atoms with Crippen LogP contribution in [-0.2, 0) is 0 Å². The number of nitrogens with zero attached hydrogens (tertiary/aromatic N) is 2. The number of halogens is 1. The van der Waals surface area contributed by atoms with Crippen molar-refractivity contribution in [1.29, 1.82) is 0 Å². The molecule has 0 amide bonds. The lowest BCUT2D eigenvalue weighted by Crippen LogP contribution is -1.98. The lowest BCUT2D eigenvalue weighted by molar-refractivity contribution is 0.273. The minimum atomic E-state index is -0.489. The van der Waals surface area contributed by atoms with Gasteiger partial charge in [-0.2, -0.15) is 0 Å². The van der Waals surface area contributed by atoms with Gasteiger partial charge in [0.15, 0.2) is 0 Å². The van der Waals surface area contributed by atoms with E-state index in [1.807, 2.05) is 42.5 Å². The van der Waals surface area contributed by atoms with Gasteiger partial charge in [-0.15, -0.1) is 0 Å². The minimum absolute atomic E-state index is 0.0793. The highest BCUT2D eigenvalue weighted by molar-refractivity contribution is 5.80. The highest BCUT2D eigenvalue weighted by Gasteiger charge is 2.04. The van der Waals surface area contributed by atoms with Gasteiger partial charge in [-0.05, 0) is 45.7 Å². The van der Waals surface area contributed by atoms with Gasteiger partial charge in [0.25, 0.3) is 0 Å². The van der Waals surface area contributed by atoms with Crippen LogP contribution >= 0.6 is 0 Å². The summed E-state index contributed by atoms with van der Waals surface area (Å²) in [6, 6.07) is 13.2. The Labute approximate surface area is 108 Å². The van der Waals surface area contributed by atoms with Crippen molar-refractivity contribution in [3.8, 4) is 16.9 Å². The summed E-state index contributed by atoms with van der Waals surface area (Å²) in [6.45, 7) is -0.409. The molecule has 0 saturated heterocycles. The van der Waals surface area contributed by atoms with Crippen LogP contribution in [0.1, 0.15) is 0 Å². The van der Waals surface area contributed by atoms with Crippen LogP contribution in [0.5, 0.6) is 5.75 Å². The lowest BCUT2D eigenvalue weighted by atomic mass is 10.1. The van der Waals surface area contributed by atoms with Gasteiger partial charge in [-0.1, -0.05) is 18.2 Å². The molecule has 0 N–H and O–H groups in total. The molecule has 0 spiro atoms. The van der Waals surface area contributed by atoms with Crippen LogP contribution < -0.4 is 4.74 Å². The van der Waals surface area contributed by atoms with Crippen molar-refractivity contribution in [2.75, 3.05) is 13.3 Å². The zero-order chi connectivity index (χ0) is 13.1. The largest absolute Gasteiger partial charge is 0.491 e. The molecule has 0 aliphatic rings. The molecule has 0 fully saturated rings. The van der Waals surface area contributed by atoms with Crippen molar-refractivity contribution in [2.24, 2.45) is 0 Å². The Morgan fingerprint density at radius 1 is 0.947 bits per heavy atom. The zero-order valence-electron chi connectivity index (χ0n) is 10.0. The van der Waals surface area contributed by atoms with Gasteiger partial charge in [-0.25, -0.2) is 9.02 Å². The van der Waals surface area contributed by atoms with Gasteiger partial charge in [0.1, 0.15) is 30.1 Å². The summed E-state index contributed by atoms with van der Waals surface area (Å²) in [5.41, 5.74) is 3.49. The molecule has 2 aromatic carbocycles. The molecule has 5 heteroatoms. The first-order chi connectivity index (χ1) is 9.36. The number of alkyl halides is 1. The molecule has 0 unspecified atom stereocenters. The van der Waals surface area contributed by atoms with Crippen molar-refractivity contribution in [3.05, 3.63) is 42.5 Å². The fourth-order valence-corrected chi connectivity index (χ4v) is 1.86. The molecule has 1 heterocycles. The van der Waals surface area contributed by atoms with E-state index in [1.165, 1.54) is 0 Å². The van der Waals surface area contributed by atoms with Gasteiger partial charge < -0.3 is 4.74 Å². The Balaban J connectivity index is 1.88. The van der Waals surface area contributed by atoms with E-state index in [-0.39, 0.29) is 6.61 Å². The summed E-state index contributed by atoms with van der Waals surface area (Å²) in [5.74, 6) is 0.658. The summed E-state index contributed by atoms with van der Waals surface area (Å²) >= 11 is 0. The molecule has 0 bridgehead atoms. The minimum Gasteiger partial charge on any atom is -0.491 e. The highest BCUT2D eigenvalue weighted by Crippen LogP contribution is 2.24. The van der Waals surface area contributed by atoms with Crippen LogP contribution in [0.15, 0.2) is 47.1 Å². The van der Waals surface area contributed by atoms with Gasteiger partial charge in [0.05, 0.1) is 0 Å². The average Bonchev–Trinajstić information content (AvgIpc) is 2.93. The van der Waals surface area contributed by atoms with Crippen LogP contribution in [0.25, 0.3) is 22.2 Å². The Morgan fingerprint density at radius 3 is 2.47 bits per heavy atom. The molecule has 0 atom stereocenters. The molecule has 0 aliphatic heterocycles. The van der Waals surface area contributed by atoms with Crippen molar-refractivity contribution in [2.45, 2.75) is 0 Å². The number of hydrogen-bond donors (Lipinski definition) is 0. The molecule has 0 radical (unpaired) electrons. The quantitative estimate of drug-likeness (QED) is 0.720. The smallest absolute Gasteiger partial charge is 0.135 e. The molecule has 1 aromatic heterocycles. The van der Waals surface area contributed by atoms with E-state index in [1.54, 1.807) is 0 Å². The molecular weight excluding hydrogens is 247 g/mol. The second-order valence-corrected chi connectivity index (χ2v) is 4.03. The Bertz CT molecular complexity index is 679. The van der Waals surface area contributed by atoms with Gasteiger partial charge in [0, 0.05) is 0 Å². The normalized spacial score (nSPS) is 10.8. The predicted molar refractivity (Wildman–Crippen MR) is 68.7 cm³/mol. The number of hydrogen-bond acceptors (Lipinski definition) is 4. The van der Waals surface area contributed by atoms with Gasteiger partial charge in [-0.3, -0.25) is 0 Å². The summed E-state index contributed by atoms with van der Waals surface area (Å²) in [4.78, 5) is 0. The first kappa shape index (κ1) is 11.6. The number of fused-ring (bicyclic) bond motifs is 1.